The third-order valence-corrected chi connectivity index (χ3v) is 2.59. The fourth-order valence-corrected chi connectivity index (χ4v) is 1.79. The second-order valence-electron chi connectivity index (χ2n) is 3.89. The number of nitrogens with zero attached hydrogens (tertiary/aromatic N) is 1. The van der Waals surface area contributed by atoms with Crippen molar-refractivity contribution in [2.75, 3.05) is 0 Å². The van der Waals surface area contributed by atoms with Crippen molar-refractivity contribution in [2.45, 2.75) is 39.0 Å². The summed E-state index contributed by atoms with van der Waals surface area (Å²) in [6, 6.07) is 2.28. The van der Waals surface area contributed by atoms with Crippen LogP contribution in [0.3, 0.4) is 0 Å². The van der Waals surface area contributed by atoms with E-state index in [0.29, 0.717) is 5.92 Å². The summed E-state index contributed by atoms with van der Waals surface area (Å²) in [5.41, 5.74) is 4.25. The summed E-state index contributed by atoms with van der Waals surface area (Å²) < 4.78 is 0. The summed E-state index contributed by atoms with van der Waals surface area (Å²) >= 11 is 0. The zero-order valence-electron chi connectivity index (χ0n) is 7.80. The van der Waals surface area contributed by atoms with Crippen molar-refractivity contribution in [1.82, 2.24) is 4.98 Å². The van der Waals surface area contributed by atoms with Gasteiger partial charge < -0.3 is 0 Å². The Morgan fingerprint density at radius 1 is 1.25 bits per heavy atom. The van der Waals surface area contributed by atoms with Crippen molar-refractivity contribution >= 4 is 0 Å². The SMILES string of the molecule is CC(C)c1cc2c(cn1)CCC2. The molecule has 64 valence electrons. The number of aryl methyl sites for hydroxylation is 2. The van der Waals surface area contributed by atoms with E-state index in [-0.39, 0.29) is 0 Å². The first-order valence-corrected chi connectivity index (χ1v) is 4.75. The largest absolute Gasteiger partial charge is 0.261 e. The summed E-state index contributed by atoms with van der Waals surface area (Å²) in [5.74, 6) is 0.566. The summed E-state index contributed by atoms with van der Waals surface area (Å²) in [6.07, 6.45) is 5.88. The van der Waals surface area contributed by atoms with Crippen molar-refractivity contribution in [2.24, 2.45) is 0 Å². The average Bonchev–Trinajstić information content (AvgIpc) is 2.49. The lowest BCUT2D eigenvalue weighted by molar-refractivity contribution is 0.818. The van der Waals surface area contributed by atoms with Crippen LogP contribution in [0.25, 0.3) is 0 Å². The van der Waals surface area contributed by atoms with Crippen LogP contribution >= 0.6 is 0 Å². The van der Waals surface area contributed by atoms with Crippen LogP contribution in [-0.4, -0.2) is 4.98 Å². The summed E-state index contributed by atoms with van der Waals surface area (Å²) in [7, 11) is 0. The third-order valence-electron chi connectivity index (χ3n) is 2.59. The molecular weight excluding hydrogens is 146 g/mol. The molecule has 1 nitrogen and oxygen atoms in total. The van der Waals surface area contributed by atoms with Gasteiger partial charge in [-0.1, -0.05) is 13.8 Å². The monoisotopic (exact) mass is 161 g/mol. The molecule has 0 unspecified atom stereocenters. The molecule has 1 aliphatic rings. The first kappa shape index (κ1) is 7.78. The van der Waals surface area contributed by atoms with Crippen LogP contribution in [0.15, 0.2) is 12.3 Å². The Morgan fingerprint density at radius 3 is 2.75 bits per heavy atom. The van der Waals surface area contributed by atoms with Crippen LogP contribution in [0.5, 0.6) is 0 Å². The molecule has 1 heterocycles. The lowest BCUT2D eigenvalue weighted by Crippen LogP contribution is -1.94. The lowest BCUT2D eigenvalue weighted by Gasteiger charge is -2.06. The van der Waals surface area contributed by atoms with Crippen molar-refractivity contribution in [3.8, 4) is 0 Å². The minimum atomic E-state index is 0.566. The molecule has 0 aliphatic heterocycles. The quantitative estimate of drug-likeness (QED) is 0.617. The zero-order chi connectivity index (χ0) is 8.55. The van der Waals surface area contributed by atoms with Crippen LogP contribution < -0.4 is 0 Å². The number of pyridine rings is 1. The number of hydrogen-bond donors (Lipinski definition) is 0. The van der Waals surface area contributed by atoms with Crippen LogP contribution in [0.1, 0.15) is 43.0 Å². The van der Waals surface area contributed by atoms with Crippen molar-refractivity contribution in [3.63, 3.8) is 0 Å². The van der Waals surface area contributed by atoms with E-state index >= 15 is 0 Å². The number of aromatic nitrogens is 1. The van der Waals surface area contributed by atoms with Crippen LogP contribution in [0.2, 0.25) is 0 Å². The predicted molar refractivity (Wildman–Crippen MR) is 50.4 cm³/mol. The van der Waals surface area contributed by atoms with E-state index in [2.05, 4.69) is 31.1 Å². The van der Waals surface area contributed by atoms with Gasteiger partial charge in [0.2, 0.25) is 0 Å². The molecule has 0 amide bonds. The molecule has 0 fully saturated rings. The maximum Gasteiger partial charge on any atom is 0.0431 e. The summed E-state index contributed by atoms with van der Waals surface area (Å²) in [4.78, 5) is 4.45. The van der Waals surface area contributed by atoms with E-state index < -0.39 is 0 Å². The van der Waals surface area contributed by atoms with Crippen LogP contribution in [0, 0.1) is 0 Å². The van der Waals surface area contributed by atoms with Gasteiger partial charge in [0.1, 0.15) is 0 Å². The third kappa shape index (κ3) is 1.24. The second kappa shape index (κ2) is 2.89. The number of rotatable bonds is 1. The molecule has 2 rings (SSSR count). The van der Waals surface area contributed by atoms with Gasteiger partial charge in [0.15, 0.2) is 0 Å². The first-order chi connectivity index (χ1) is 5.77. The zero-order valence-corrected chi connectivity index (χ0v) is 7.80. The Morgan fingerprint density at radius 2 is 2.00 bits per heavy atom. The molecule has 0 radical (unpaired) electrons. The van der Waals surface area contributed by atoms with E-state index in [9.17, 15) is 0 Å². The number of hydrogen-bond acceptors (Lipinski definition) is 1. The van der Waals surface area contributed by atoms with Crippen LogP contribution in [0.4, 0.5) is 0 Å². The van der Waals surface area contributed by atoms with Gasteiger partial charge in [0.05, 0.1) is 0 Å². The van der Waals surface area contributed by atoms with E-state index in [1.807, 2.05) is 0 Å². The fourth-order valence-electron chi connectivity index (χ4n) is 1.79. The highest BCUT2D eigenvalue weighted by atomic mass is 14.7. The molecule has 0 spiro atoms. The Bertz CT molecular complexity index is 289. The topological polar surface area (TPSA) is 12.9 Å². The van der Waals surface area contributed by atoms with Gasteiger partial charge in [0.25, 0.3) is 0 Å². The lowest BCUT2D eigenvalue weighted by atomic mass is 10.1. The minimum absolute atomic E-state index is 0.566. The molecule has 1 aliphatic carbocycles. The van der Waals surface area contributed by atoms with Crippen molar-refractivity contribution in [1.29, 1.82) is 0 Å². The average molecular weight is 161 g/mol. The summed E-state index contributed by atoms with van der Waals surface area (Å²) in [6.45, 7) is 4.40. The Labute approximate surface area is 73.8 Å². The molecule has 1 aromatic rings. The highest BCUT2D eigenvalue weighted by Crippen LogP contribution is 2.23. The Kier molecular flexibility index (Phi) is 1.87. The van der Waals surface area contributed by atoms with E-state index in [4.69, 9.17) is 0 Å². The second-order valence-corrected chi connectivity index (χ2v) is 3.89. The van der Waals surface area contributed by atoms with E-state index in [1.54, 1.807) is 0 Å². The van der Waals surface area contributed by atoms with E-state index in [0.717, 1.165) is 0 Å². The van der Waals surface area contributed by atoms with E-state index in [1.165, 1.54) is 36.1 Å². The number of fused-ring (bicyclic) bond motifs is 1. The van der Waals surface area contributed by atoms with Crippen LogP contribution in [-0.2, 0) is 12.8 Å². The first-order valence-electron chi connectivity index (χ1n) is 4.75. The molecule has 0 bridgehead atoms. The molecule has 12 heavy (non-hydrogen) atoms. The smallest absolute Gasteiger partial charge is 0.0431 e. The standard InChI is InChI=1S/C11H15N/c1-8(2)11-6-9-4-3-5-10(9)7-12-11/h6-8H,3-5H2,1-2H3. The minimum Gasteiger partial charge on any atom is -0.261 e. The molecule has 0 atom stereocenters. The maximum absolute atomic E-state index is 4.45. The molecule has 0 N–H and O–H groups in total. The molecule has 0 saturated heterocycles. The normalized spacial score (nSPS) is 15.2. The highest BCUT2D eigenvalue weighted by Gasteiger charge is 2.12. The maximum atomic E-state index is 4.45. The van der Waals surface area contributed by atoms with Gasteiger partial charge in [-0.2, -0.15) is 0 Å². The summed E-state index contributed by atoms with van der Waals surface area (Å²) in [5, 5.41) is 0. The molecule has 0 aromatic carbocycles. The van der Waals surface area contributed by atoms with Crippen molar-refractivity contribution in [3.05, 3.63) is 29.1 Å². The molecule has 0 saturated carbocycles. The fraction of sp³-hybridized carbons (Fsp3) is 0.545. The highest BCUT2D eigenvalue weighted by molar-refractivity contribution is 5.31. The molecular formula is C11H15N. The molecule has 1 heteroatoms. The van der Waals surface area contributed by atoms with Gasteiger partial charge in [0, 0.05) is 11.9 Å². The van der Waals surface area contributed by atoms with Gasteiger partial charge in [-0.25, -0.2) is 0 Å². The Hall–Kier alpha value is -0.850. The van der Waals surface area contributed by atoms with Gasteiger partial charge in [-0.05, 0) is 42.4 Å². The van der Waals surface area contributed by atoms with Crippen molar-refractivity contribution < 1.29 is 0 Å². The van der Waals surface area contributed by atoms with Gasteiger partial charge in [-0.15, -0.1) is 0 Å². The Balaban J connectivity index is 2.39. The van der Waals surface area contributed by atoms with Gasteiger partial charge >= 0.3 is 0 Å². The predicted octanol–water partition coefficient (Wildman–Crippen LogP) is 2.69. The van der Waals surface area contributed by atoms with Gasteiger partial charge in [-0.3, -0.25) is 4.98 Å². The molecule has 1 aromatic heterocycles.